The first kappa shape index (κ1) is 14.6. The minimum absolute atomic E-state index is 0.0417. The van der Waals surface area contributed by atoms with Crippen molar-refractivity contribution in [3.63, 3.8) is 0 Å². The molecule has 0 aromatic carbocycles. The molecule has 3 N–H and O–H groups in total. The Hall–Kier alpha value is -1.36. The maximum atomic E-state index is 9.41. The molecule has 0 amide bonds. The second kappa shape index (κ2) is 8.91. The number of H-pyrrole nitrogens is 1. The highest BCUT2D eigenvalue weighted by molar-refractivity contribution is 5.64. The zero-order valence-electron chi connectivity index (χ0n) is 10.0. The molecule has 1 aromatic heterocycles. The molecular weight excluding hydrogens is 206 g/mol. The molecule has 0 bridgehead atoms. The van der Waals surface area contributed by atoms with Crippen molar-refractivity contribution in [2.75, 3.05) is 6.54 Å². The second-order valence-corrected chi connectivity index (χ2v) is 3.53. The fraction of sp³-hybridized carbons (Fsp3) is 0.636. The second-order valence-electron chi connectivity index (χ2n) is 3.53. The van der Waals surface area contributed by atoms with Crippen molar-refractivity contribution >= 4 is 5.97 Å². The third-order valence-electron chi connectivity index (χ3n) is 2.09. The van der Waals surface area contributed by atoms with Crippen LogP contribution in [0.4, 0.5) is 0 Å². The van der Waals surface area contributed by atoms with E-state index in [0.717, 1.165) is 0 Å². The predicted molar refractivity (Wildman–Crippen MR) is 59.3 cm³/mol. The fourth-order valence-electron chi connectivity index (χ4n) is 1.15. The molecule has 0 aliphatic carbocycles. The summed E-state index contributed by atoms with van der Waals surface area (Å²) in [5.74, 6) is 0.236. The fourth-order valence-corrected chi connectivity index (χ4v) is 1.15. The van der Waals surface area contributed by atoms with E-state index in [4.69, 9.17) is 5.73 Å². The summed E-state index contributed by atoms with van der Waals surface area (Å²) in [6, 6.07) is 0. The lowest BCUT2D eigenvalue weighted by molar-refractivity contribution is -0.677. The van der Waals surface area contributed by atoms with Crippen molar-refractivity contribution in [2.45, 2.75) is 32.6 Å². The van der Waals surface area contributed by atoms with Crippen molar-refractivity contribution in [3.8, 4) is 0 Å². The molecule has 0 aliphatic heterocycles. The maximum Gasteiger partial charge on any atom is 0.253 e. The number of unbranched alkanes of at least 4 members (excludes halogenated alkanes) is 1. The van der Waals surface area contributed by atoms with Crippen LogP contribution in [-0.4, -0.2) is 17.5 Å². The van der Waals surface area contributed by atoms with Crippen LogP contribution in [0.25, 0.3) is 0 Å². The number of nitrogens with zero attached hydrogens (tertiary/aromatic N) is 1. The van der Waals surface area contributed by atoms with E-state index in [1.165, 1.54) is 25.1 Å². The molecule has 0 saturated heterocycles. The molecule has 5 heteroatoms. The summed E-state index contributed by atoms with van der Waals surface area (Å²) in [4.78, 5) is 12.6. The Morgan fingerprint density at radius 2 is 2.31 bits per heavy atom. The third-order valence-corrected chi connectivity index (χ3v) is 2.09. The van der Waals surface area contributed by atoms with Crippen molar-refractivity contribution in [2.24, 2.45) is 12.8 Å². The lowest BCUT2D eigenvalue weighted by Crippen LogP contribution is -2.30. The van der Waals surface area contributed by atoms with Crippen LogP contribution in [-0.2, 0) is 18.3 Å². The van der Waals surface area contributed by atoms with Crippen LogP contribution < -0.4 is 15.4 Å². The highest BCUT2D eigenvalue weighted by Crippen LogP contribution is 1.94. The SMILES string of the molecule is CCCCc1[nH]cc[n+]1C.NCCC(=O)[O-]. The molecule has 0 radical (unpaired) electrons. The van der Waals surface area contributed by atoms with Crippen molar-refractivity contribution in [1.82, 2.24) is 4.98 Å². The maximum absolute atomic E-state index is 9.41. The number of carboxylic acid groups (broad SMARTS) is 1. The number of nitrogens with two attached hydrogens (primary N) is 1. The average Bonchev–Trinajstić information content (AvgIpc) is 2.62. The number of hydrogen-bond donors (Lipinski definition) is 2. The number of imidazole rings is 1. The van der Waals surface area contributed by atoms with Crippen LogP contribution in [0, 0.1) is 0 Å². The largest absolute Gasteiger partial charge is 0.550 e. The Bertz CT molecular complexity index is 297. The van der Waals surface area contributed by atoms with Gasteiger partial charge in [-0.25, -0.2) is 9.55 Å². The number of aliphatic carboxylic acids is 1. The first-order valence-electron chi connectivity index (χ1n) is 5.53. The Kier molecular flexibility index (Phi) is 8.15. The number of aromatic amines is 1. The van der Waals surface area contributed by atoms with Gasteiger partial charge in [0.05, 0.1) is 7.05 Å². The van der Waals surface area contributed by atoms with E-state index in [-0.39, 0.29) is 13.0 Å². The minimum Gasteiger partial charge on any atom is -0.550 e. The molecule has 0 spiro atoms. The van der Waals surface area contributed by atoms with Crippen LogP contribution in [0.1, 0.15) is 32.0 Å². The number of aryl methyl sites for hydroxylation is 2. The minimum atomic E-state index is -1.09. The molecule has 1 heterocycles. The number of carbonyl (C=O) groups is 1. The summed E-state index contributed by atoms with van der Waals surface area (Å²) < 4.78 is 2.13. The highest BCUT2D eigenvalue weighted by Gasteiger charge is 2.03. The van der Waals surface area contributed by atoms with E-state index in [2.05, 4.69) is 23.5 Å². The molecule has 92 valence electrons. The van der Waals surface area contributed by atoms with E-state index >= 15 is 0 Å². The van der Waals surface area contributed by atoms with E-state index in [0.29, 0.717) is 0 Å². The van der Waals surface area contributed by atoms with Crippen LogP contribution in [0.15, 0.2) is 12.4 Å². The molecule has 0 unspecified atom stereocenters. The molecule has 1 rings (SSSR count). The van der Waals surface area contributed by atoms with Crippen LogP contribution in [0.3, 0.4) is 0 Å². The van der Waals surface area contributed by atoms with Gasteiger partial charge in [-0.3, -0.25) is 0 Å². The first-order valence-corrected chi connectivity index (χ1v) is 5.53. The normalized spacial score (nSPS) is 9.44. The van der Waals surface area contributed by atoms with Gasteiger partial charge in [0.25, 0.3) is 5.82 Å². The number of rotatable bonds is 5. The standard InChI is InChI=1S/C8H14N2.C3H7NO2/c1-3-4-5-8-9-6-7-10(8)2;4-2-1-3(5)6/h6-7H,3-5H2,1-2H3;1-2,4H2,(H,5,6). The number of aromatic nitrogens is 2. The molecule has 0 saturated carbocycles. The van der Waals surface area contributed by atoms with Crippen LogP contribution >= 0.6 is 0 Å². The zero-order chi connectivity index (χ0) is 12.4. The van der Waals surface area contributed by atoms with E-state index in [9.17, 15) is 9.90 Å². The number of carbonyl (C=O) groups excluding carboxylic acids is 1. The van der Waals surface area contributed by atoms with E-state index in [1.54, 1.807) is 0 Å². The number of nitrogens with one attached hydrogen (secondary N) is 1. The number of hydrogen-bond acceptors (Lipinski definition) is 3. The highest BCUT2D eigenvalue weighted by atomic mass is 16.4. The Morgan fingerprint density at radius 3 is 2.62 bits per heavy atom. The molecule has 1 aromatic rings. The summed E-state index contributed by atoms with van der Waals surface area (Å²) in [6.07, 6.45) is 7.68. The molecule has 0 atom stereocenters. The van der Waals surface area contributed by atoms with Gasteiger partial charge in [0, 0.05) is 12.4 Å². The van der Waals surface area contributed by atoms with Gasteiger partial charge in [-0.15, -0.1) is 0 Å². The van der Waals surface area contributed by atoms with Crippen LogP contribution in [0.5, 0.6) is 0 Å². The monoisotopic (exact) mass is 227 g/mol. The lowest BCUT2D eigenvalue weighted by atomic mass is 10.2. The van der Waals surface area contributed by atoms with E-state index in [1.807, 2.05) is 12.4 Å². The Balaban J connectivity index is 0.000000325. The topological polar surface area (TPSA) is 85.8 Å². The average molecular weight is 227 g/mol. The van der Waals surface area contributed by atoms with Gasteiger partial charge < -0.3 is 15.6 Å². The van der Waals surface area contributed by atoms with E-state index < -0.39 is 5.97 Å². The van der Waals surface area contributed by atoms with Gasteiger partial charge in [0.1, 0.15) is 12.4 Å². The van der Waals surface area contributed by atoms with Gasteiger partial charge in [-0.2, -0.15) is 0 Å². The Labute approximate surface area is 96.3 Å². The molecular formula is C11H21N3O2. The summed E-state index contributed by atoms with van der Waals surface area (Å²) >= 11 is 0. The summed E-state index contributed by atoms with van der Waals surface area (Å²) in [6.45, 7) is 2.38. The smallest absolute Gasteiger partial charge is 0.253 e. The molecule has 5 nitrogen and oxygen atoms in total. The molecule has 16 heavy (non-hydrogen) atoms. The van der Waals surface area contributed by atoms with Crippen molar-refractivity contribution in [1.29, 1.82) is 0 Å². The van der Waals surface area contributed by atoms with Gasteiger partial charge in [0.15, 0.2) is 0 Å². The first-order chi connectivity index (χ1) is 7.61. The quantitative estimate of drug-likeness (QED) is 0.650. The lowest BCUT2D eigenvalue weighted by Gasteiger charge is -1.92. The molecule has 0 aliphatic rings. The van der Waals surface area contributed by atoms with Gasteiger partial charge in [-0.1, -0.05) is 13.3 Å². The predicted octanol–water partition coefficient (Wildman–Crippen LogP) is -0.733. The number of carboxylic acids is 1. The summed E-state index contributed by atoms with van der Waals surface area (Å²) in [7, 11) is 2.07. The van der Waals surface area contributed by atoms with Gasteiger partial charge in [-0.05, 0) is 19.4 Å². The Morgan fingerprint density at radius 1 is 1.62 bits per heavy atom. The summed E-state index contributed by atoms with van der Waals surface area (Å²) in [5, 5.41) is 9.41. The third kappa shape index (κ3) is 7.00. The molecule has 0 fully saturated rings. The van der Waals surface area contributed by atoms with Gasteiger partial charge in [0.2, 0.25) is 0 Å². The van der Waals surface area contributed by atoms with Gasteiger partial charge >= 0.3 is 0 Å². The van der Waals surface area contributed by atoms with Crippen molar-refractivity contribution in [3.05, 3.63) is 18.2 Å². The van der Waals surface area contributed by atoms with Crippen molar-refractivity contribution < 1.29 is 14.5 Å². The van der Waals surface area contributed by atoms with Crippen LogP contribution in [0.2, 0.25) is 0 Å². The summed E-state index contributed by atoms with van der Waals surface area (Å²) in [5.41, 5.74) is 4.81. The zero-order valence-corrected chi connectivity index (χ0v) is 10.0.